The number of nitrogens with two attached hydrogens (primary N) is 2. The van der Waals surface area contributed by atoms with E-state index in [0.717, 1.165) is 11.1 Å². The van der Waals surface area contributed by atoms with Gasteiger partial charge in [0.1, 0.15) is 41.7 Å². The van der Waals surface area contributed by atoms with Crippen molar-refractivity contribution in [1.82, 2.24) is 53.2 Å². The zero-order valence-electron chi connectivity index (χ0n) is 46.9. The van der Waals surface area contributed by atoms with Crippen molar-refractivity contribution in [3.8, 4) is 11.5 Å². The Balaban J connectivity index is 1.48. The molecule has 0 radical (unpaired) electrons. The van der Waals surface area contributed by atoms with Crippen LogP contribution in [0.5, 0.6) is 11.5 Å². The molecule has 0 spiro atoms. The van der Waals surface area contributed by atoms with E-state index in [2.05, 4.69) is 53.2 Å². The number of amides is 12. The van der Waals surface area contributed by atoms with Crippen LogP contribution < -0.4 is 64.6 Å². The molecule has 84 heavy (non-hydrogen) atoms. The smallest absolute Gasteiger partial charge is 0.245 e. The van der Waals surface area contributed by atoms with Crippen LogP contribution in [0.1, 0.15) is 75.1 Å². The zero-order chi connectivity index (χ0) is 62.1. The second-order valence-corrected chi connectivity index (χ2v) is 21.3. The molecule has 0 fully saturated rings. The summed E-state index contributed by atoms with van der Waals surface area (Å²) in [6, 6.07) is 13.2. The van der Waals surface area contributed by atoms with Crippen molar-refractivity contribution in [2.45, 2.75) is 114 Å². The molecule has 17 N–H and O–H groups in total. The highest BCUT2D eigenvalue weighted by Crippen LogP contribution is 2.19. The predicted octanol–water partition coefficient (Wildman–Crippen LogP) is -2.60. The fourth-order valence-electron chi connectivity index (χ4n) is 7.65. The van der Waals surface area contributed by atoms with Gasteiger partial charge in [-0.25, -0.2) is 0 Å². The number of aliphatic hydroxyl groups is 1. The Labute approximate surface area is 494 Å². The van der Waals surface area contributed by atoms with Crippen LogP contribution >= 0.6 is 23.5 Å². The molecular weight excluding hydrogens is 1130 g/mol. The number of carbonyl (C=O) groups is 12. The summed E-state index contributed by atoms with van der Waals surface area (Å²) in [7, 11) is 0. The summed E-state index contributed by atoms with van der Waals surface area (Å²) in [5, 5.41) is 54.1. The van der Waals surface area contributed by atoms with Crippen molar-refractivity contribution in [2.24, 2.45) is 11.5 Å². The van der Waals surface area contributed by atoms with E-state index in [-0.39, 0.29) is 43.1 Å². The molecule has 0 aromatic heterocycles. The molecule has 0 aliphatic heterocycles. The highest BCUT2D eigenvalue weighted by atomic mass is 32.2. The average molecular weight is 1210 g/mol. The van der Waals surface area contributed by atoms with Crippen molar-refractivity contribution in [1.29, 1.82) is 0 Å². The van der Waals surface area contributed by atoms with E-state index in [4.69, 9.17) is 11.5 Å². The van der Waals surface area contributed by atoms with Crippen molar-refractivity contribution >= 4 is 94.4 Å². The third-order valence-corrected chi connectivity index (χ3v) is 14.1. The zero-order valence-corrected chi connectivity index (χ0v) is 48.6. The predicted molar refractivity (Wildman–Crippen MR) is 312 cm³/mol. The van der Waals surface area contributed by atoms with Gasteiger partial charge in [0.05, 0.1) is 38.8 Å². The van der Waals surface area contributed by atoms with Crippen molar-refractivity contribution in [3.63, 3.8) is 0 Å². The highest BCUT2D eigenvalue weighted by molar-refractivity contribution is 7.98. The summed E-state index contributed by atoms with van der Waals surface area (Å²) in [6.45, 7) is 1.64. The number of hydrogen-bond donors (Lipinski definition) is 15. The van der Waals surface area contributed by atoms with Gasteiger partial charge in [0.15, 0.2) is 0 Å². The fourth-order valence-corrected chi connectivity index (χ4v) is 9.55. The largest absolute Gasteiger partial charge is 0.508 e. The maximum Gasteiger partial charge on any atom is 0.245 e. The number of aliphatic hydroxyl groups excluding tert-OH is 1. The second kappa shape index (κ2) is 37.6. The van der Waals surface area contributed by atoms with Crippen LogP contribution in [-0.4, -0.2) is 167 Å². The van der Waals surface area contributed by atoms with Gasteiger partial charge < -0.3 is 80.0 Å². The Hall–Kier alpha value is -8.44. The Bertz CT molecular complexity index is 2740. The first-order chi connectivity index (χ1) is 40.0. The third kappa shape index (κ3) is 28.0. The molecule has 29 heteroatoms. The average Bonchev–Trinajstić information content (AvgIpc) is 3.63. The van der Waals surface area contributed by atoms with Gasteiger partial charge in [-0.3, -0.25) is 57.5 Å². The van der Waals surface area contributed by atoms with Gasteiger partial charge in [-0.1, -0.05) is 68.8 Å². The van der Waals surface area contributed by atoms with Gasteiger partial charge in [0.25, 0.3) is 0 Å². The lowest BCUT2D eigenvalue weighted by Gasteiger charge is -2.22. The quantitative estimate of drug-likeness (QED) is 0.0262. The van der Waals surface area contributed by atoms with Crippen molar-refractivity contribution in [2.75, 3.05) is 44.2 Å². The molecule has 0 bridgehead atoms. The molecule has 0 saturated heterocycles. The molecule has 6 atom stereocenters. The molecular formula is C55H76N12O15S2. The normalized spacial score (nSPS) is 12.9. The lowest BCUT2D eigenvalue weighted by atomic mass is 10.0. The van der Waals surface area contributed by atoms with Crippen LogP contribution in [-0.2, 0) is 81.9 Å². The van der Waals surface area contributed by atoms with Gasteiger partial charge in [-0.15, -0.1) is 0 Å². The summed E-state index contributed by atoms with van der Waals surface area (Å²) in [5.41, 5.74) is 13.6. The van der Waals surface area contributed by atoms with E-state index in [0.29, 0.717) is 53.4 Å². The maximum absolute atomic E-state index is 13.5. The van der Waals surface area contributed by atoms with Crippen molar-refractivity contribution in [3.05, 3.63) is 95.1 Å². The monoisotopic (exact) mass is 1210 g/mol. The molecule has 0 unspecified atom stereocenters. The van der Waals surface area contributed by atoms with Gasteiger partial charge >= 0.3 is 0 Å². The SMILES string of the molecule is CCCC(=O)N[C@@H](CSCc1cccc(CSCCC(=O)NCC(=O)N[C@@H](Cc2ccc(O)cc2)C(=O)NCC(=O)N[C@H](C(=O)NCC(=O)N[C@@H](CCC)C(=O)NCC(=O)N[C@@H](Cc2ccc(O)cc2)C(=O)NCC(N)=O)[C@@H](C)O)c1)C(N)=O. The Morgan fingerprint density at radius 3 is 1.39 bits per heavy atom. The summed E-state index contributed by atoms with van der Waals surface area (Å²) in [4.78, 5) is 152. The number of primary amides is 2. The van der Waals surface area contributed by atoms with E-state index >= 15 is 0 Å². The maximum atomic E-state index is 13.5. The Morgan fingerprint density at radius 1 is 0.476 bits per heavy atom. The Kier molecular flexibility index (Phi) is 31.3. The first-order valence-electron chi connectivity index (χ1n) is 26.9. The Morgan fingerprint density at radius 2 is 0.917 bits per heavy atom. The molecule has 0 aliphatic rings. The standard InChI is InChI=1S/C55H76N12O15S2/c1-4-7-39(52(79)60-26-48(76)65-40(53(80)59-24-43(56)71)22-33-11-15-37(69)16-12-33)63-47(75)27-62-55(82)50(32(3)68)67-49(77)28-61-54(81)41(23-34-13-17-38(70)18-14-34)64-46(74)25-58-44(72)19-20-83-29-35-9-6-10-36(21-35)30-84-31-42(51(57)78)66-45(73)8-5-2/h6,9-18,21,32,39-42,50,68-70H,4-5,7-8,19-20,22-31H2,1-3H3,(H2,56,71)(H2,57,78)(H,58,72)(H,59,80)(H,60,79)(H,61,81)(H,62,82)(H,63,75)(H,64,74)(H,65,76)(H,66,73)(H,67,77)/t32-,39+,40+,41+,42+,50+/m1/s1. The number of rotatable bonds is 38. The molecule has 0 heterocycles. The molecule has 0 aliphatic carbocycles. The molecule has 0 saturated carbocycles. The topological polar surface area (TPSA) is 438 Å². The summed E-state index contributed by atoms with van der Waals surface area (Å²) < 4.78 is 0. The van der Waals surface area contributed by atoms with Crippen LogP contribution in [0.15, 0.2) is 72.8 Å². The van der Waals surface area contributed by atoms with E-state index in [1.54, 1.807) is 6.92 Å². The number of carbonyl (C=O) groups excluding carboxylic acids is 12. The van der Waals surface area contributed by atoms with E-state index in [1.807, 2.05) is 31.2 Å². The van der Waals surface area contributed by atoms with Gasteiger partial charge in [0.2, 0.25) is 70.9 Å². The number of nitrogens with one attached hydrogen (secondary N) is 10. The minimum absolute atomic E-state index is 0.0342. The number of benzene rings is 3. The number of phenols is 2. The van der Waals surface area contributed by atoms with Gasteiger partial charge in [0, 0.05) is 48.7 Å². The molecule has 12 amide bonds. The van der Waals surface area contributed by atoms with Gasteiger partial charge in [-0.2, -0.15) is 23.5 Å². The first kappa shape index (κ1) is 69.8. The minimum atomic E-state index is -1.65. The van der Waals surface area contributed by atoms with E-state index in [1.165, 1.54) is 79.0 Å². The highest BCUT2D eigenvalue weighted by Gasteiger charge is 2.29. The van der Waals surface area contributed by atoms with Crippen LogP contribution in [0.2, 0.25) is 0 Å². The summed E-state index contributed by atoms with van der Waals surface area (Å²) in [6.07, 6.45) is -0.210. The van der Waals surface area contributed by atoms with E-state index in [9.17, 15) is 72.9 Å². The van der Waals surface area contributed by atoms with Gasteiger partial charge in [-0.05, 0) is 66.3 Å². The lowest BCUT2D eigenvalue weighted by Crippen LogP contribution is -2.57. The van der Waals surface area contributed by atoms with Crippen LogP contribution in [0.25, 0.3) is 0 Å². The van der Waals surface area contributed by atoms with Crippen LogP contribution in [0.3, 0.4) is 0 Å². The minimum Gasteiger partial charge on any atom is -0.508 e. The molecule has 27 nitrogen and oxygen atoms in total. The second-order valence-electron chi connectivity index (χ2n) is 19.2. The molecule has 3 aromatic carbocycles. The number of aromatic hydroxyl groups is 2. The van der Waals surface area contributed by atoms with E-state index < -0.39 is 134 Å². The first-order valence-corrected chi connectivity index (χ1v) is 29.2. The molecule has 3 aromatic rings. The van der Waals surface area contributed by atoms with Crippen LogP contribution in [0, 0.1) is 0 Å². The lowest BCUT2D eigenvalue weighted by molar-refractivity contribution is -0.134. The molecule has 458 valence electrons. The van der Waals surface area contributed by atoms with Crippen LogP contribution in [0.4, 0.5) is 0 Å². The number of thioether (sulfide) groups is 2. The number of phenolic OH excluding ortho intramolecular Hbond substituents is 2. The number of hydrogen-bond acceptors (Lipinski definition) is 17. The summed E-state index contributed by atoms with van der Waals surface area (Å²) in [5.74, 6) is -7.06. The fraction of sp³-hybridized carbons (Fsp3) is 0.455. The molecule has 3 rings (SSSR count). The summed E-state index contributed by atoms with van der Waals surface area (Å²) >= 11 is 2.95. The van der Waals surface area contributed by atoms with Crippen molar-refractivity contribution < 1.29 is 72.9 Å². The third-order valence-electron chi connectivity index (χ3n) is 12.0.